The number of ketones is 1. The number of carbonyl (C=O) groups excluding carboxylic acids is 2. The lowest BCUT2D eigenvalue weighted by molar-refractivity contribution is 0.101. The molecule has 0 saturated carbocycles. The number of Topliss-reactive ketones (excluding diaryl/α,β-unsaturated/α-hetero) is 1. The van der Waals surface area contributed by atoms with E-state index in [-0.39, 0.29) is 5.78 Å². The Labute approximate surface area is 98.0 Å². The first-order valence-corrected chi connectivity index (χ1v) is 5.38. The zero-order chi connectivity index (χ0) is 10.0. The summed E-state index contributed by atoms with van der Waals surface area (Å²) >= 11 is 5.36. The third-order valence-electron chi connectivity index (χ3n) is 1.57. The van der Waals surface area contributed by atoms with Crippen LogP contribution in [0.25, 0.3) is 0 Å². The molecule has 0 aliphatic carbocycles. The molecule has 0 unspecified atom stereocenters. The summed E-state index contributed by atoms with van der Waals surface area (Å²) in [4.78, 5) is 21.7. The van der Waals surface area contributed by atoms with Crippen molar-refractivity contribution in [1.82, 2.24) is 0 Å². The van der Waals surface area contributed by atoms with Crippen molar-refractivity contribution >= 4 is 50.6 Å². The summed E-state index contributed by atoms with van der Waals surface area (Å²) in [5.41, 5.74) is 1.09. The summed E-state index contributed by atoms with van der Waals surface area (Å²) in [5.74, 6) is -0.0335. The van der Waals surface area contributed by atoms with Gasteiger partial charge in [-0.05, 0) is 57.6 Å². The van der Waals surface area contributed by atoms with Gasteiger partial charge in [-0.1, -0.05) is 0 Å². The summed E-state index contributed by atoms with van der Waals surface area (Å²) in [6.45, 7) is 1.48. The summed E-state index contributed by atoms with van der Waals surface area (Å²) in [5, 5.41) is 0. The summed E-state index contributed by atoms with van der Waals surface area (Å²) in [6.07, 6.45) is 0.729. The van der Waals surface area contributed by atoms with Crippen LogP contribution in [-0.4, -0.2) is 12.1 Å². The highest BCUT2D eigenvalue weighted by Crippen LogP contribution is 2.24. The maximum atomic E-state index is 11.1. The Balaban J connectivity index is 3.41. The molecule has 0 saturated heterocycles. The van der Waals surface area contributed by atoms with E-state index in [1.54, 1.807) is 12.1 Å². The Morgan fingerprint density at radius 3 is 2.62 bits per heavy atom. The van der Waals surface area contributed by atoms with Crippen LogP contribution >= 0.6 is 38.5 Å². The Morgan fingerprint density at radius 2 is 2.15 bits per heavy atom. The quantitative estimate of drug-likeness (QED) is 0.465. The largest absolute Gasteiger partial charge is 0.298 e. The molecule has 0 fully saturated rings. The van der Waals surface area contributed by atoms with Gasteiger partial charge in [0.1, 0.15) is 6.29 Å². The van der Waals surface area contributed by atoms with Gasteiger partial charge in [0.25, 0.3) is 0 Å². The molecule has 1 aromatic rings. The van der Waals surface area contributed by atoms with E-state index in [1.807, 2.05) is 0 Å². The van der Waals surface area contributed by atoms with Crippen molar-refractivity contribution in [1.29, 1.82) is 0 Å². The first kappa shape index (κ1) is 10.8. The number of hydrogen-bond acceptors (Lipinski definition) is 2. The number of rotatable bonds is 2. The van der Waals surface area contributed by atoms with Crippen molar-refractivity contribution in [2.45, 2.75) is 6.92 Å². The molecule has 0 aliphatic heterocycles. The molecular weight excluding hydrogens is 347 g/mol. The average molecular weight is 353 g/mol. The average Bonchev–Trinajstić information content (AvgIpc) is 2.09. The van der Waals surface area contributed by atoms with Gasteiger partial charge < -0.3 is 0 Å². The monoisotopic (exact) mass is 352 g/mol. The molecule has 1 rings (SSSR count). The van der Waals surface area contributed by atoms with Crippen molar-refractivity contribution < 1.29 is 9.59 Å². The number of aldehydes is 1. The molecule has 68 valence electrons. The Bertz CT molecular complexity index is 374. The molecule has 1 aromatic carbocycles. The van der Waals surface area contributed by atoms with Gasteiger partial charge in [-0.15, -0.1) is 0 Å². The standard InChI is InChI=1S/C9H6BrIO2/c1-5(13)7-2-6(4-12)3-8(10)9(7)11/h2-4H,1H3. The molecule has 0 N–H and O–H groups in total. The molecule has 0 bridgehead atoms. The fraction of sp³-hybridized carbons (Fsp3) is 0.111. The highest BCUT2D eigenvalue weighted by Gasteiger charge is 2.09. The van der Waals surface area contributed by atoms with E-state index in [0.717, 1.165) is 14.3 Å². The van der Waals surface area contributed by atoms with Gasteiger partial charge in [0, 0.05) is 19.2 Å². The smallest absolute Gasteiger partial charge is 0.160 e. The molecule has 0 spiro atoms. The van der Waals surface area contributed by atoms with Crippen LogP contribution in [0, 0.1) is 3.57 Å². The normalized spacial score (nSPS) is 9.77. The summed E-state index contributed by atoms with van der Waals surface area (Å²) in [7, 11) is 0. The predicted octanol–water partition coefficient (Wildman–Crippen LogP) is 3.07. The Kier molecular flexibility index (Phi) is 3.61. The lowest BCUT2D eigenvalue weighted by Crippen LogP contribution is -1.98. The molecule has 4 heteroatoms. The highest BCUT2D eigenvalue weighted by atomic mass is 127. The van der Waals surface area contributed by atoms with E-state index in [0.29, 0.717) is 11.1 Å². The van der Waals surface area contributed by atoms with Crippen molar-refractivity contribution in [2.24, 2.45) is 0 Å². The molecule has 0 aliphatic rings. The summed E-state index contributed by atoms with van der Waals surface area (Å²) in [6, 6.07) is 3.29. The van der Waals surface area contributed by atoms with Crippen LogP contribution in [-0.2, 0) is 0 Å². The molecule has 2 nitrogen and oxygen atoms in total. The van der Waals surface area contributed by atoms with Crippen molar-refractivity contribution in [2.75, 3.05) is 0 Å². The molecule has 13 heavy (non-hydrogen) atoms. The van der Waals surface area contributed by atoms with E-state index < -0.39 is 0 Å². The number of hydrogen-bond donors (Lipinski definition) is 0. The van der Waals surface area contributed by atoms with Crippen molar-refractivity contribution in [3.8, 4) is 0 Å². The Morgan fingerprint density at radius 1 is 1.54 bits per heavy atom. The van der Waals surface area contributed by atoms with Crippen LogP contribution in [0.15, 0.2) is 16.6 Å². The van der Waals surface area contributed by atoms with Gasteiger partial charge in [-0.2, -0.15) is 0 Å². The second kappa shape index (κ2) is 4.32. The second-order valence-corrected chi connectivity index (χ2v) is 4.47. The van der Waals surface area contributed by atoms with Crippen molar-refractivity contribution in [3.05, 3.63) is 31.3 Å². The molecule has 0 radical (unpaired) electrons. The van der Waals surface area contributed by atoms with Crippen LogP contribution < -0.4 is 0 Å². The summed E-state index contributed by atoms with van der Waals surface area (Å²) < 4.78 is 1.62. The van der Waals surface area contributed by atoms with E-state index >= 15 is 0 Å². The fourth-order valence-electron chi connectivity index (χ4n) is 0.934. The maximum Gasteiger partial charge on any atom is 0.160 e. The van der Waals surface area contributed by atoms with Gasteiger partial charge in [0.05, 0.1) is 0 Å². The third kappa shape index (κ3) is 2.37. The SMILES string of the molecule is CC(=O)c1cc(C=O)cc(Br)c1I. The van der Waals surface area contributed by atoms with Crippen molar-refractivity contribution in [3.63, 3.8) is 0 Å². The molecular formula is C9H6BrIO2. The highest BCUT2D eigenvalue weighted by molar-refractivity contribution is 14.1. The van der Waals surface area contributed by atoms with Crippen LogP contribution in [0.5, 0.6) is 0 Å². The lowest BCUT2D eigenvalue weighted by Gasteiger charge is -2.03. The van der Waals surface area contributed by atoms with E-state index in [4.69, 9.17) is 0 Å². The zero-order valence-corrected chi connectivity index (χ0v) is 10.5. The van der Waals surface area contributed by atoms with Gasteiger partial charge in [-0.3, -0.25) is 9.59 Å². The fourth-order valence-corrected chi connectivity index (χ4v) is 2.10. The van der Waals surface area contributed by atoms with Crippen LogP contribution in [0.4, 0.5) is 0 Å². The minimum Gasteiger partial charge on any atom is -0.298 e. The van der Waals surface area contributed by atoms with Crippen LogP contribution in [0.2, 0.25) is 0 Å². The van der Waals surface area contributed by atoms with E-state index in [2.05, 4.69) is 38.5 Å². The molecule has 0 amide bonds. The number of benzene rings is 1. The molecule has 0 aromatic heterocycles. The maximum absolute atomic E-state index is 11.1. The Hall–Kier alpha value is -0.230. The van der Waals surface area contributed by atoms with Crippen LogP contribution in [0.1, 0.15) is 27.6 Å². The molecule has 0 heterocycles. The van der Waals surface area contributed by atoms with Crippen LogP contribution in [0.3, 0.4) is 0 Å². The van der Waals surface area contributed by atoms with Gasteiger partial charge in [0.2, 0.25) is 0 Å². The van der Waals surface area contributed by atoms with Gasteiger partial charge >= 0.3 is 0 Å². The first-order chi connectivity index (χ1) is 6.06. The number of halogens is 2. The lowest BCUT2D eigenvalue weighted by atomic mass is 10.1. The zero-order valence-electron chi connectivity index (χ0n) is 6.80. The first-order valence-electron chi connectivity index (χ1n) is 3.51. The van der Waals surface area contributed by atoms with Gasteiger partial charge in [0.15, 0.2) is 5.78 Å². The minimum atomic E-state index is -0.0335. The predicted molar refractivity (Wildman–Crippen MR) is 62.3 cm³/mol. The third-order valence-corrected chi connectivity index (χ3v) is 4.09. The van der Waals surface area contributed by atoms with E-state index in [1.165, 1.54) is 6.92 Å². The van der Waals surface area contributed by atoms with Gasteiger partial charge in [-0.25, -0.2) is 0 Å². The van der Waals surface area contributed by atoms with E-state index in [9.17, 15) is 9.59 Å². The second-order valence-electron chi connectivity index (χ2n) is 2.54. The number of carbonyl (C=O) groups is 2. The topological polar surface area (TPSA) is 34.1 Å². The molecule has 0 atom stereocenters. The minimum absolute atomic E-state index is 0.0335.